The van der Waals surface area contributed by atoms with Crippen LogP contribution in [0, 0.1) is 0 Å². The molecule has 0 aromatic carbocycles. The fraction of sp³-hybridized carbons (Fsp3) is 0.889. The summed E-state index contributed by atoms with van der Waals surface area (Å²) < 4.78 is 38.3. The maximum atomic E-state index is 10.3. The first kappa shape index (κ1) is 12.4. The Hall–Kier alpha value is -0.620. The quantitative estimate of drug-likeness (QED) is 0.373. The van der Waals surface area contributed by atoms with Crippen LogP contribution in [-0.4, -0.2) is 48.9 Å². The molecule has 6 heteroatoms. The fourth-order valence-corrected chi connectivity index (χ4v) is 2.14. The van der Waals surface area contributed by atoms with Crippen LogP contribution in [0.3, 0.4) is 0 Å². The molecular weight excluding hydrogens is 218 g/mol. The molecular formula is C9H17NO4S. The molecule has 5 nitrogen and oxygen atoms in total. The van der Waals surface area contributed by atoms with E-state index in [1.165, 1.54) is 0 Å². The van der Waals surface area contributed by atoms with Gasteiger partial charge in [-0.3, -0.25) is 0 Å². The maximum absolute atomic E-state index is 10.3. The van der Waals surface area contributed by atoms with Gasteiger partial charge in [0.1, 0.15) is 6.54 Å². The van der Waals surface area contributed by atoms with Crippen LogP contribution in [0.15, 0.2) is 0 Å². The first-order valence-electron chi connectivity index (χ1n) is 5.14. The average molecular weight is 235 g/mol. The van der Waals surface area contributed by atoms with E-state index >= 15 is 0 Å². The van der Waals surface area contributed by atoms with Crippen LogP contribution in [0.1, 0.15) is 26.2 Å². The molecule has 0 amide bonds. The largest absolute Gasteiger partial charge is 0.748 e. The van der Waals surface area contributed by atoms with Crippen LogP contribution >= 0.6 is 0 Å². The Morgan fingerprint density at radius 3 is 2.67 bits per heavy atom. The lowest BCUT2D eigenvalue weighted by Crippen LogP contribution is -2.15. The van der Waals surface area contributed by atoms with E-state index < -0.39 is 10.1 Å². The van der Waals surface area contributed by atoms with E-state index in [1.54, 1.807) is 0 Å². The summed E-state index contributed by atoms with van der Waals surface area (Å²) in [6.07, 6.45) is 2.13. The minimum absolute atomic E-state index is 0.244. The highest BCUT2D eigenvalue weighted by atomic mass is 32.2. The molecule has 0 saturated heterocycles. The molecule has 88 valence electrons. The van der Waals surface area contributed by atoms with E-state index in [1.807, 2.05) is 6.92 Å². The van der Waals surface area contributed by atoms with Gasteiger partial charge in [0.25, 0.3) is 0 Å². The molecule has 0 N–H and O–H groups in total. The summed E-state index contributed by atoms with van der Waals surface area (Å²) in [5.74, 6) is 0.693. The minimum Gasteiger partial charge on any atom is -0.748 e. The second-order valence-corrected chi connectivity index (χ2v) is 5.20. The van der Waals surface area contributed by atoms with Crippen LogP contribution in [-0.2, 0) is 14.9 Å². The molecule has 15 heavy (non-hydrogen) atoms. The lowest BCUT2D eigenvalue weighted by Gasteiger charge is -2.05. The molecule has 1 rings (SSSR count). The first-order valence-corrected chi connectivity index (χ1v) is 6.71. The van der Waals surface area contributed by atoms with Gasteiger partial charge in [-0.25, -0.2) is 8.42 Å². The average Bonchev–Trinajstić information content (AvgIpc) is 2.49. The molecule has 1 heterocycles. The Kier molecular flexibility index (Phi) is 4.53. The van der Waals surface area contributed by atoms with Crippen molar-refractivity contribution >= 4 is 16.0 Å². The van der Waals surface area contributed by atoms with Gasteiger partial charge in [-0.1, -0.05) is 0 Å². The molecule has 0 atom stereocenters. The Bertz CT molecular complexity index is 334. The van der Waals surface area contributed by atoms with Crippen LogP contribution in [0.2, 0.25) is 0 Å². The van der Waals surface area contributed by atoms with Crippen molar-refractivity contribution in [2.45, 2.75) is 26.2 Å². The highest BCUT2D eigenvalue weighted by Crippen LogP contribution is 2.01. The van der Waals surface area contributed by atoms with E-state index in [0.717, 1.165) is 38.4 Å². The predicted molar refractivity (Wildman–Crippen MR) is 55.0 cm³/mol. The molecule has 0 fully saturated rings. The van der Waals surface area contributed by atoms with Crippen molar-refractivity contribution < 1.29 is 22.3 Å². The van der Waals surface area contributed by atoms with Gasteiger partial charge in [-0.15, -0.1) is 0 Å². The smallest absolute Gasteiger partial charge is 0.333 e. The van der Waals surface area contributed by atoms with Crippen molar-refractivity contribution in [1.82, 2.24) is 0 Å². The van der Waals surface area contributed by atoms with Gasteiger partial charge < -0.3 is 9.29 Å². The van der Waals surface area contributed by atoms with Gasteiger partial charge in [0.05, 0.1) is 17.0 Å². The van der Waals surface area contributed by atoms with E-state index in [4.69, 9.17) is 4.74 Å². The first-order chi connectivity index (χ1) is 6.99. The molecule has 0 radical (unpaired) electrons. The molecule has 0 unspecified atom stereocenters. The zero-order valence-electron chi connectivity index (χ0n) is 8.94. The number of hydrogen-bond acceptors (Lipinski definition) is 4. The lowest BCUT2D eigenvalue weighted by molar-refractivity contribution is -0.519. The van der Waals surface area contributed by atoms with Crippen LogP contribution < -0.4 is 0 Å². The topological polar surface area (TPSA) is 69.4 Å². The zero-order chi connectivity index (χ0) is 11.3. The highest BCUT2D eigenvalue weighted by molar-refractivity contribution is 7.85. The Labute approximate surface area is 90.5 Å². The van der Waals surface area contributed by atoms with Crippen molar-refractivity contribution in [1.29, 1.82) is 0 Å². The third-order valence-corrected chi connectivity index (χ3v) is 3.23. The highest BCUT2D eigenvalue weighted by Gasteiger charge is 2.18. The Morgan fingerprint density at radius 1 is 1.40 bits per heavy atom. The molecule has 1 aliphatic rings. The van der Waals surface area contributed by atoms with Crippen LogP contribution in [0.25, 0.3) is 0 Å². The van der Waals surface area contributed by atoms with Crippen LogP contribution in [0.4, 0.5) is 0 Å². The monoisotopic (exact) mass is 235 g/mol. The van der Waals surface area contributed by atoms with E-state index in [0.29, 0.717) is 6.42 Å². The van der Waals surface area contributed by atoms with E-state index in [9.17, 15) is 13.0 Å². The molecule has 0 saturated carbocycles. The molecule has 0 aromatic heterocycles. The van der Waals surface area contributed by atoms with Gasteiger partial charge in [-0.2, -0.15) is 4.58 Å². The molecule has 0 aliphatic carbocycles. The Balaban J connectivity index is 2.10. The molecule has 0 aromatic rings. The standard InChI is InChI=1S/C9H17NO4S/c1-9-10(6-7-14-9)5-3-2-4-8-15(11,12)13/h2-8H2,1H3. The third kappa shape index (κ3) is 5.13. The van der Waals surface area contributed by atoms with Crippen molar-refractivity contribution in [3.63, 3.8) is 0 Å². The number of nitrogens with zero attached hydrogens (tertiary/aromatic N) is 1. The zero-order valence-corrected chi connectivity index (χ0v) is 9.75. The number of rotatable bonds is 6. The number of unbranched alkanes of at least 4 members (excludes halogenated alkanes) is 2. The summed E-state index contributed by atoms with van der Waals surface area (Å²) in [7, 11) is -4.03. The Morgan fingerprint density at radius 2 is 2.13 bits per heavy atom. The summed E-state index contributed by atoms with van der Waals surface area (Å²) in [5, 5.41) is 0. The number of ether oxygens (including phenoxy) is 1. The summed E-state index contributed by atoms with van der Waals surface area (Å²) in [4.78, 5) is 0. The van der Waals surface area contributed by atoms with Gasteiger partial charge in [0.15, 0.2) is 13.2 Å². The maximum Gasteiger partial charge on any atom is 0.333 e. The minimum atomic E-state index is -4.03. The fourth-order valence-electron chi connectivity index (χ4n) is 1.58. The summed E-state index contributed by atoms with van der Waals surface area (Å²) in [5.41, 5.74) is 0. The van der Waals surface area contributed by atoms with E-state index in [-0.39, 0.29) is 5.75 Å². The predicted octanol–water partition coefficient (Wildman–Crippen LogP) is 0.163. The summed E-state index contributed by atoms with van der Waals surface area (Å²) >= 11 is 0. The summed E-state index contributed by atoms with van der Waals surface area (Å²) in [6.45, 7) is 4.45. The van der Waals surface area contributed by atoms with Gasteiger partial charge in [-0.05, 0) is 12.8 Å². The SMILES string of the molecule is CC1=[N+](CCCCCS(=O)(=O)[O-])CCO1. The second kappa shape index (κ2) is 5.46. The van der Waals surface area contributed by atoms with Gasteiger partial charge in [0.2, 0.25) is 0 Å². The van der Waals surface area contributed by atoms with Crippen molar-refractivity contribution in [3.05, 3.63) is 0 Å². The lowest BCUT2D eigenvalue weighted by atomic mass is 10.2. The van der Waals surface area contributed by atoms with Gasteiger partial charge in [0, 0.05) is 12.2 Å². The van der Waals surface area contributed by atoms with Crippen molar-refractivity contribution in [2.75, 3.05) is 25.4 Å². The van der Waals surface area contributed by atoms with Gasteiger partial charge >= 0.3 is 5.90 Å². The second-order valence-electron chi connectivity index (χ2n) is 3.68. The number of hydrogen-bond donors (Lipinski definition) is 0. The van der Waals surface area contributed by atoms with E-state index in [2.05, 4.69) is 4.58 Å². The molecule has 1 aliphatic heterocycles. The van der Waals surface area contributed by atoms with Crippen LogP contribution in [0.5, 0.6) is 0 Å². The van der Waals surface area contributed by atoms with Crippen molar-refractivity contribution in [3.8, 4) is 0 Å². The molecule has 0 spiro atoms. The third-order valence-electron chi connectivity index (χ3n) is 2.44. The molecule has 0 bridgehead atoms. The van der Waals surface area contributed by atoms with Crippen molar-refractivity contribution in [2.24, 2.45) is 0 Å². The normalized spacial score (nSPS) is 16.9. The summed E-state index contributed by atoms with van der Waals surface area (Å²) in [6, 6.07) is 0.